The molecule has 4 aliphatic carbocycles. The Balaban J connectivity index is 0.000000336. The number of fused-ring (bicyclic) bond motifs is 2. The van der Waals surface area contributed by atoms with Crippen LogP contribution in [0.1, 0.15) is 94.9 Å². The molecule has 0 radical (unpaired) electrons. The summed E-state index contributed by atoms with van der Waals surface area (Å²) < 4.78 is 50.6. The number of nitrogens with one attached hydrogen (secondary N) is 5. The van der Waals surface area contributed by atoms with Crippen molar-refractivity contribution in [1.82, 2.24) is 20.9 Å². The molecule has 324 valence electrons. The topological polar surface area (TPSA) is 166 Å². The summed E-state index contributed by atoms with van der Waals surface area (Å²) in [5, 5.41) is 9.50. The second-order valence-electron chi connectivity index (χ2n) is 17.7. The average Bonchev–Trinajstić information content (AvgIpc) is 3.61. The highest BCUT2D eigenvalue weighted by Crippen LogP contribution is 2.63. The van der Waals surface area contributed by atoms with Crippen LogP contribution in [0.3, 0.4) is 0 Å². The van der Waals surface area contributed by atoms with Crippen molar-refractivity contribution in [1.29, 1.82) is 0 Å². The number of likely N-dealkylation sites (tertiary alicyclic amines) is 1. The largest absolute Gasteiger partial charge is 0.352 e. The molecule has 2 aromatic rings. The molecule has 4 atom stereocenters. The third kappa shape index (κ3) is 11.2. The smallest absolute Gasteiger partial charge is 0.235 e. The Morgan fingerprint density at radius 3 is 1.54 bits per heavy atom. The van der Waals surface area contributed by atoms with E-state index < -0.39 is 20.0 Å². The first-order chi connectivity index (χ1) is 27.0. The molecule has 6 aliphatic rings. The van der Waals surface area contributed by atoms with Gasteiger partial charge in [0.15, 0.2) is 0 Å². The minimum atomic E-state index is -3.27. The lowest BCUT2D eigenvalue weighted by Crippen LogP contribution is -2.43. The Morgan fingerprint density at radius 2 is 1.12 bits per heavy atom. The third-order valence-corrected chi connectivity index (χ3v) is 14.9. The molecule has 4 saturated carbocycles. The van der Waals surface area contributed by atoms with Crippen LogP contribution < -0.4 is 25.4 Å². The Bertz CT molecular complexity index is 1950. The molecule has 0 spiro atoms. The van der Waals surface area contributed by atoms with Crippen molar-refractivity contribution >= 4 is 54.8 Å². The van der Waals surface area contributed by atoms with Gasteiger partial charge < -0.3 is 16.0 Å². The van der Waals surface area contributed by atoms with Crippen LogP contribution >= 0.6 is 11.6 Å². The maximum absolute atomic E-state index is 12.4. The number of sulfonamides is 2. The number of piperidine rings is 2. The van der Waals surface area contributed by atoms with Crippen LogP contribution in [0.5, 0.6) is 0 Å². The summed E-state index contributed by atoms with van der Waals surface area (Å²) >= 11 is 5.36. The van der Waals surface area contributed by atoms with E-state index in [1.807, 2.05) is 24.3 Å². The molecular formula is C42H71ClN6O6S2. The Labute approximate surface area is 351 Å². The number of benzene rings is 2. The number of carbonyl (C=O) groups excluding carboxylic acids is 2. The lowest BCUT2D eigenvalue weighted by Gasteiger charge is -2.27. The molecule has 15 heteroatoms. The van der Waals surface area contributed by atoms with Crippen LogP contribution in [-0.4, -0.2) is 96.7 Å². The lowest BCUT2D eigenvalue weighted by molar-refractivity contribution is -0.123. The molecular weight excluding hydrogens is 784 g/mol. The number of halogens is 1. The van der Waals surface area contributed by atoms with Gasteiger partial charge in [0.05, 0.1) is 19.1 Å². The van der Waals surface area contributed by atoms with Gasteiger partial charge in [-0.15, -0.1) is 11.6 Å². The van der Waals surface area contributed by atoms with Gasteiger partial charge in [-0.25, -0.2) is 16.8 Å². The van der Waals surface area contributed by atoms with Crippen molar-refractivity contribution in [3.05, 3.63) is 59.7 Å². The number of hydrogen-bond donors (Lipinski definition) is 5. The minimum Gasteiger partial charge on any atom is -0.352 e. The summed E-state index contributed by atoms with van der Waals surface area (Å²) in [7, 11) is -6.47. The van der Waals surface area contributed by atoms with Crippen molar-refractivity contribution in [2.24, 2.45) is 23.7 Å². The van der Waals surface area contributed by atoms with E-state index in [1.54, 1.807) is 12.1 Å². The van der Waals surface area contributed by atoms with Gasteiger partial charge in [-0.05, 0) is 97.8 Å². The number of anilines is 2. The van der Waals surface area contributed by atoms with Gasteiger partial charge in [-0.1, -0.05) is 76.6 Å². The van der Waals surface area contributed by atoms with Crippen LogP contribution in [-0.2, 0) is 40.5 Å². The minimum absolute atomic E-state index is 0. The highest BCUT2D eigenvalue weighted by atomic mass is 35.5. The second-order valence-corrected chi connectivity index (χ2v) is 21.5. The predicted octanol–water partition coefficient (Wildman–Crippen LogP) is 6.15. The lowest BCUT2D eigenvalue weighted by atomic mass is 9.92. The summed E-state index contributed by atoms with van der Waals surface area (Å²) in [6.07, 6.45) is 14.4. The Kier molecular flexibility index (Phi) is 13.9. The summed E-state index contributed by atoms with van der Waals surface area (Å²) in [5.74, 6) is 2.69. The molecule has 5 N–H and O–H groups in total. The van der Waals surface area contributed by atoms with Crippen LogP contribution in [0.4, 0.5) is 11.4 Å². The van der Waals surface area contributed by atoms with E-state index in [0.29, 0.717) is 53.7 Å². The molecule has 2 saturated heterocycles. The molecule has 8 rings (SSSR count). The zero-order chi connectivity index (χ0) is 41.0. The second kappa shape index (κ2) is 18.1. The average molecular weight is 856 g/mol. The number of nitrogens with zero attached hydrogens (tertiary/aromatic N) is 1. The van der Waals surface area contributed by atoms with Crippen molar-refractivity contribution in [2.75, 3.05) is 60.6 Å². The fourth-order valence-corrected chi connectivity index (χ4v) is 11.4. The van der Waals surface area contributed by atoms with Crippen molar-refractivity contribution in [3.63, 3.8) is 0 Å². The SMILES string of the molecule is CC1(c2cccc(NS(C)(=O)=O)c2)C2CN(CC(=O)NC3CCCCC3)CC21.CC1(c2cccc(NS(C)(=O)=O)c2)C2CNCC21.O=C(CCl)NC1CCCCC1.[HH].[HH].[HH].[HH]. The Hall–Kier alpha value is -2.91. The van der Waals surface area contributed by atoms with Crippen LogP contribution in [0.25, 0.3) is 0 Å². The van der Waals surface area contributed by atoms with Crippen molar-refractivity contribution in [3.8, 4) is 0 Å². The molecule has 2 amide bonds. The molecule has 12 nitrogen and oxygen atoms in total. The standard InChI is InChI=1S/C21H31N3O3S.C13H18N2O2S.C8H14ClNO.4H2/c1-21(15-7-6-10-17(11-15)23-28(2,26)27)18-12-24(13-19(18)21)14-20(25)22-16-8-4-3-5-9-16;1-13(11-7-14-8-12(11)13)9-4-3-5-10(6-9)15-18(2,16)17;9-6-8(11)10-7-4-2-1-3-5-7;;;;/h6-7,10-11,16,18-19,23H,3-5,8-9,12-14H2,1-2H3,(H,22,25);3-6,11-12,14-15H,7-8H2,1-2H3;7H,1-6H2,(H,10,11);4*1H. The molecule has 2 aliphatic heterocycles. The monoisotopic (exact) mass is 854 g/mol. The maximum Gasteiger partial charge on any atom is 0.235 e. The fourth-order valence-electron chi connectivity index (χ4n) is 10.2. The van der Waals surface area contributed by atoms with E-state index in [-0.39, 0.29) is 34.2 Å². The first-order valence-corrected chi connectivity index (χ1v) is 25.1. The zero-order valence-electron chi connectivity index (χ0n) is 34.0. The van der Waals surface area contributed by atoms with E-state index in [9.17, 15) is 26.4 Å². The number of hydrogen-bond acceptors (Lipinski definition) is 8. The molecule has 57 heavy (non-hydrogen) atoms. The zero-order valence-corrected chi connectivity index (χ0v) is 36.4. The first-order valence-electron chi connectivity index (χ1n) is 20.7. The highest BCUT2D eigenvalue weighted by Gasteiger charge is 2.66. The maximum atomic E-state index is 12.4. The van der Waals surface area contributed by atoms with Crippen LogP contribution in [0.2, 0.25) is 0 Å². The van der Waals surface area contributed by atoms with E-state index in [4.69, 9.17) is 11.6 Å². The first kappa shape index (κ1) is 43.7. The number of carbonyl (C=O) groups is 2. The normalized spacial score (nSPS) is 29.6. The summed E-state index contributed by atoms with van der Waals surface area (Å²) in [4.78, 5) is 25.5. The van der Waals surface area contributed by atoms with Crippen LogP contribution in [0.15, 0.2) is 48.5 Å². The molecule has 2 heterocycles. The van der Waals surface area contributed by atoms with Gasteiger partial charge in [-0.3, -0.25) is 23.9 Å². The highest BCUT2D eigenvalue weighted by molar-refractivity contribution is 7.92. The quantitative estimate of drug-likeness (QED) is 0.168. The van der Waals surface area contributed by atoms with Crippen molar-refractivity contribution in [2.45, 2.75) is 101 Å². The fraction of sp³-hybridized carbons (Fsp3) is 0.667. The molecule has 0 aromatic heterocycles. The van der Waals surface area contributed by atoms with E-state index >= 15 is 0 Å². The number of amides is 2. The van der Waals surface area contributed by atoms with Gasteiger partial charge in [-0.2, -0.15) is 0 Å². The van der Waals surface area contributed by atoms with Gasteiger partial charge >= 0.3 is 0 Å². The predicted molar refractivity (Wildman–Crippen MR) is 237 cm³/mol. The van der Waals surface area contributed by atoms with Gasteiger partial charge in [0.25, 0.3) is 0 Å². The van der Waals surface area contributed by atoms with E-state index in [1.165, 1.54) is 62.2 Å². The van der Waals surface area contributed by atoms with Gasteiger partial charge in [0, 0.05) is 53.1 Å². The summed E-state index contributed by atoms with van der Waals surface area (Å²) in [6, 6.07) is 16.3. The van der Waals surface area contributed by atoms with Gasteiger partial charge in [0.2, 0.25) is 31.9 Å². The van der Waals surface area contributed by atoms with E-state index in [2.05, 4.69) is 56.3 Å². The summed E-state index contributed by atoms with van der Waals surface area (Å²) in [5.41, 5.74) is 4.01. The summed E-state index contributed by atoms with van der Waals surface area (Å²) in [6.45, 7) is 9.06. The van der Waals surface area contributed by atoms with Crippen LogP contribution in [0, 0.1) is 23.7 Å². The molecule has 4 unspecified atom stereocenters. The number of alkyl halides is 1. The molecule has 2 aromatic carbocycles. The molecule has 0 bridgehead atoms. The van der Waals surface area contributed by atoms with Gasteiger partial charge in [0.1, 0.15) is 5.88 Å². The third-order valence-electron chi connectivity index (χ3n) is 13.5. The Morgan fingerprint density at radius 1 is 0.702 bits per heavy atom. The van der Waals surface area contributed by atoms with E-state index in [0.717, 1.165) is 51.9 Å². The molecule has 6 fully saturated rings. The number of rotatable bonds is 11. The van der Waals surface area contributed by atoms with Crippen molar-refractivity contribution < 1.29 is 32.1 Å².